The Hall–Kier alpha value is -2.62. The Balaban J connectivity index is 2.23. The molecule has 108 valence electrons. The van der Waals surface area contributed by atoms with Crippen LogP contribution in [0.4, 0.5) is 10.5 Å². The summed E-state index contributed by atoms with van der Waals surface area (Å²) in [6.45, 7) is 2.65. The second kappa shape index (κ2) is 7.85. The Labute approximate surface area is 124 Å². The van der Waals surface area contributed by atoms with E-state index in [1.807, 2.05) is 67.6 Å². The minimum atomic E-state index is -0.240. The third-order valence-electron chi connectivity index (χ3n) is 2.81. The number of rotatable bonds is 4. The topological polar surface area (TPSA) is 53.5 Å². The second-order valence-corrected chi connectivity index (χ2v) is 4.54. The van der Waals surface area contributed by atoms with Gasteiger partial charge in [-0.1, -0.05) is 55.5 Å². The number of carbonyl (C=O) groups is 1. The third-order valence-corrected chi connectivity index (χ3v) is 2.81. The molecule has 21 heavy (non-hydrogen) atoms. The Morgan fingerprint density at radius 2 is 1.62 bits per heavy atom. The Morgan fingerprint density at radius 1 is 1.00 bits per heavy atom. The number of urea groups is 1. The predicted octanol–water partition coefficient (Wildman–Crippen LogP) is 3.47. The van der Waals surface area contributed by atoms with E-state index < -0.39 is 0 Å². The minimum Gasteiger partial charge on any atom is -0.338 e. The van der Waals surface area contributed by atoms with Crippen molar-refractivity contribution in [1.82, 2.24) is 10.6 Å². The highest BCUT2D eigenvalue weighted by atomic mass is 16.2. The van der Waals surface area contributed by atoms with E-state index in [1.165, 1.54) is 0 Å². The van der Waals surface area contributed by atoms with E-state index in [9.17, 15) is 4.79 Å². The van der Waals surface area contributed by atoms with Crippen LogP contribution in [0.15, 0.2) is 65.7 Å². The zero-order valence-electron chi connectivity index (χ0n) is 12.0. The van der Waals surface area contributed by atoms with Crippen LogP contribution in [0.25, 0.3) is 0 Å². The number of benzene rings is 2. The molecule has 0 spiro atoms. The van der Waals surface area contributed by atoms with Gasteiger partial charge in [-0.3, -0.25) is 5.32 Å². The standard InChI is InChI=1S/C17H19N3O/c1-2-13-18-17(21)20-16(14-9-5-3-6-10-14)19-15-11-7-4-8-12-15/h3-12H,2,13H2,1H3,(H2,18,19,20,21). The monoisotopic (exact) mass is 281 g/mol. The number of hydrogen-bond acceptors (Lipinski definition) is 2. The molecule has 0 aromatic heterocycles. The van der Waals surface area contributed by atoms with Gasteiger partial charge in [0.1, 0.15) is 5.84 Å². The Morgan fingerprint density at radius 3 is 2.24 bits per heavy atom. The first-order valence-electron chi connectivity index (χ1n) is 7.03. The number of hydrogen-bond donors (Lipinski definition) is 2. The van der Waals surface area contributed by atoms with E-state index in [1.54, 1.807) is 0 Å². The molecule has 2 rings (SSSR count). The van der Waals surface area contributed by atoms with Gasteiger partial charge >= 0.3 is 6.03 Å². The molecule has 0 fully saturated rings. The van der Waals surface area contributed by atoms with Crippen LogP contribution in [0.1, 0.15) is 18.9 Å². The summed E-state index contributed by atoms with van der Waals surface area (Å²) in [5.74, 6) is 0.537. The van der Waals surface area contributed by atoms with Crippen molar-refractivity contribution in [3.8, 4) is 0 Å². The summed E-state index contributed by atoms with van der Waals surface area (Å²) in [7, 11) is 0. The van der Waals surface area contributed by atoms with Gasteiger partial charge in [0.15, 0.2) is 0 Å². The lowest BCUT2D eigenvalue weighted by molar-refractivity contribution is 0.245. The summed E-state index contributed by atoms with van der Waals surface area (Å²) in [4.78, 5) is 16.4. The lowest BCUT2D eigenvalue weighted by atomic mass is 10.2. The van der Waals surface area contributed by atoms with Crippen LogP contribution in [0.2, 0.25) is 0 Å². The highest BCUT2D eigenvalue weighted by Gasteiger charge is 2.07. The van der Waals surface area contributed by atoms with Crippen molar-refractivity contribution >= 4 is 17.6 Å². The molecular weight excluding hydrogens is 262 g/mol. The summed E-state index contributed by atoms with van der Waals surface area (Å²) in [5, 5.41) is 5.60. The summed E-state index contributed by atoms with van der Waals surface area (Å²) < 4.78 is 0. The molecule has 0 saturated carbocycles. The molecule has 0 heterocycles. The average Bonchev–Trinajstić information content (AvgIpc) is 2.54. The number of nitrogens with one attached hydrogen (secondary N) is 2. The van der Waals surface area contributed by atoms with E-state index in [2.05, 4.69) is 15.6 Å². The van der Waals surface area contributed by atoms with Crippen molar-refractivity contribution in [3.05, 3.63) is 66.2 Å². The molecule has 2 aromatic carbocycles. The number of amidine groups is 1. The maximum atomic E-state index is 11.9. The minimum absolute atomic E-state index is 0.240. The van der Waals surface area contributed by atoms with Crippen molar-refractivity contribution in [1.29, 1.82) is 0 Å². The highest BCUT2D eigenvalue weighted by Crippen LogP contribution is 2.12. The van der Waals surface area contributed by atoms with Gasteiger partial charge in [-0.25, -0.2) is 9.79 Å². The third kappa shape index (κ3) is 4.76. The van der Waals surface area contributed by atoms with Gasteiger partial charge in [-0.15, -0.1) is 0 Å². The molecule has 0 aliphatic heterocycles. The summed E-state index contributed by atoms with van der Waals surface area (Å²) >= 11 is 0. The van der Waals surface area contributed by atoms with Crippen LogP contribution in [-0.2, 0) is 0 Å². The van der Waals surface area contributed by atoms with E-state index in [0.717, 1.165) is 17.7 Å². The normalized spacial score (nSPS) is 11.0. The molecule has 0 bridgehead atoms. The Bertz CT molecular complexity index is 594. The SMILES string of the molecule is CCCNC(=O)NC(=Nc1ccccc1)c1ccccc1. The molecule has 2 aromatic rings. The van der Waals surface area contributed by atoms with Crippen molar-refractivity contribution in [3.63, 3.8) is 0 Å². The largest absolute Gasteiger partial charge is 0.338 e. The first-order chi connectivity index (χ1) is 10.3. The second-order valence-electron chi connectivity index (χ2n) is 4.54. The summed E-state index contributed by atoms with van der Waals surface area (Å²) in [6, 6.07) is 18.9. The van der Waals surface area contributed by atoms with E-state index in [4.69, 9.17) is 0 Å². The van der Waals surface area contributed by atoms with Crippen LogP contribution in [0.3, 0.4) is 0 Å². The van der Waals surface area contributed by atoms with Crippen molar-refractivity contribution in [2.45, 2.75) is 13.3 Å². The maximum absolute atomic E-state index is 11.9. The zero-order valence-corrected chi connectivity index (χ0v) is 12.0. The lowest BCUT2D eigenvalue weighted by Crippen LogP contribution is -2.40. The fourth-order valence-corrected chi connectivity index (χ4v) is 1.78. The van der Waals surface area contributed by atoms with Gasteiger partial charge in [0, 0.05) is 12.1 Å². The molecular formula is C17H19N3O. The maximum Gasteiger partial charge on any atom is 0.320 e. The summed E-state index contributed by atoms with van der Waals surface area (Å²) in [5.41, 5.74) is 1.67. The van der Waals surface area contributed by atoms with E-state index in [-0.39, 0.29) is 6.03 Å². The van der Waals surface area contributed by atoms with Gasteiger partial charge in [0.05, 0.1) is 5.69 Å². The lowest BCUT2D eigenvalue weighted by Gasteiger charge is -2.10. The first kappa shape index (κ1) is 14.8. The highest BCUT2D eigenvalue weighted by molar-refractivity contribution is 6.08. The van der Waals surface area contributed by atoms with Gasteiger partial charge < -0.3 is 5.32 Å². The fourth-order valence-electron chi connectivity index (χ4n) is 1.78. The predicted molar refractivity (Wildman–Crippen MR) is 85.9 cm³/mol. The number of amides is 2. The van der Waals surface area contributed by atoms with Gasteiger partial charge in [-0.05, 0) is 18.6 Å². The fraction of sp³-hybridized carbons (Fsp3) is 0.176. The van der Waals surface area contributed by atoms with Gasteiger partial charge in [0.25, 0.3) is 0 Å². The van der Waals surface area contributed by atoms with Gasteiger partial charge in [-0.2, -0.15) is 0 Å². The molecule has 4 nitrogen and oxygen atoms in total. The molecule has 0 atom stereocenters. The first-order valence-corrected chi connectivity index (χ1v) is 7.03. The number of aliphatic imine (C=N–C) groups is 1. The molecule has 2 N–H and O–H groups in total. The Kier molecular flexibility index (Phi) is 5.52. The van der Waals surface area contributed by atoms with Crippen LogP contribution < -0.4 is 10.6 Å². The quantitative estimate of drug-likeness (QED) is 0.654. The molecule has 4 heteroatoms. The zero-order chi connectivity index (χ0) is 14.9. The molecule has 0 saturated heterocycles. The molecule has 2 amide bonds. The van der Waals surface area contributed by atoms with E-state index in [0.29, 0.717) is 12.4 Å². The molecule has 0 unspecified atom stereocenters. The van der Waals surface area contributed by atoms with Crippen LogP contribution in [0.5, 0.6) is 0 Å². The van der Waals surface area contributed by atoms with Gasteiger partial charge in [0.2, 0.25) is 0 Å². The van der Waals surface area contributed by atoms with Crippen molar-refractivity contribution < 1.29 is 4.79 Å². The van der Waals surface area contributed by atoms with Crippen LogP contribution in [-0.4, -0.2) is 18.4 Å². The number of para-hydroxylation sites is 1. The van der Waals surface area contributed by atoms with Crippen molar-refractivity contribution in [2.24, 2.45) is 4.99 Å². The number of nitrogens with zero attached hydrogens (tertiary/aromatic N) is 1. The van der Waals surface area contributed by atoms with Crippen molar-refractivity contribution in [2.75, 3.05) is 6.54 Å². The number of carbonyl (C=O) groups excluding carboxylic acids is 1. The van der Waals surface area contributed by atoms with E-state index >= 15 is 0 Å². The summed E-state index contributed by atoms with van der Waals surface area (Å²) in [6.07, 6.45) is 0.893. The smallest absolute Gasteiger partial charge is 0.320 e. The average molecular weight is 281 g/mol. The molecule has 0 aliphatic rings. The van der Waals surface area contributed by atoms with Crippen LogP contribution in [0, 0.1) is 0 Å². The molecule has 0 radical (unpaired) electrons. The van der Waals surface area contributed by atoms with Crippen LogP contribution >= 0.6 is 0 Å². The molecule has 0 aliphatic carbocycles.